The molecule has 0 bridgehead atoms. The number of carbonyl (C=O) groups is 2. The van der Waals surface area contributed by atoms with Crippen LogP contribution in [0.15, 0.2) is 122 Å². The zero-order chi connectivity index (χ0) is 51.3. The van der Waals surface area contributed by atoms with Crippen molar-refractivity contribution < 1.29 is 24.2 Å². The molecule has 0 saturated carbocycles. The molecule has 0 aromatic heterocycles. The molecule has 0 heterocycles. The monoisotopic (exact) mass is 983 g/mol. The third-order valence-corrected chi connectivity index (χ3v) is 12.5. The quantitative estimate of drug-likeness (QED) is 0.0373. The highest BCUT2D eigenvalue weighted by molar-refractivity contribution is 5.70. The Kier molecular flexibility index (Phi) is 57.4. The summed E-state index contributed by atoms with van der Waals surface area (Å²) in [7, 11) is 0. The second-order valence-corrected chi connectivity index (χ2v) is 19.3. The smallest absolute Gasteiger partial charge is 0.306 e. The van der Waals surface area contributed by atoms with Crippen LogP contribution >= 0.6 is 0 Å². The van der Waals surface area contributed by atoms with Crippen molar-refractivity contribution in [1.82, 2.24) is 0 Å². The van der Waals surface area contributed by atoms with Gasteiger partial charge in [0.25, 0.3) is 0 Å². The average Bonchev–Trinajstić information content (AvgIpc) is 3.37. The lowest BCUT2D eigenvalue weighted by Crippen LogP contribution is -2.28. The fourth-order valence-electron chi connectivity index (χ4n) is 8.07. The second-order valence-electron chi connectivity index (χ2n) is 19.3. The first-order valence-corrected chi connectivity index (χ1v) is 29.6. The zero-order valence-corrected chi connectivity index (χ0v) is 46.2. The molecule has 404 valence electrons. The number of rotatable bonds is 53. The largest absolute Gasteiger partial charge is 0.462 e. The lowest BCUT2D eigenvalue weighted by atomic mass is 10.0. The topological polar surface area (TPSA) is 72.8 Å². The molecule has 0 spiro atoms. The van der Waals surface area contributed by atoms with E-state index in [0.717, 1.165) is 103 Å². The van der Waals surface area contributed by atoms with E-state index in [0.29, 0.717) is 12.8 Å². The number of hydrogen-bond acceptors (Lipinski definition) is 5. The normalized spacial score (nSPS) is 13.1. The molecule has 0 aromatic carbocycles. The van der Waals surface area contributed by atoms with Gasteiger partial charge in [0.15, 0.2) is 6.10 Å². The minimum absolute atomic E-state index is 0.0737. The Labute approximate surface area is 439 Å². The molecule has 0 aliphatic heterocycles. The summed E-state index contributed by atoms with van der Waals surface area (Å²) in [5, 5.41) is 9.64. The summed E-state index contributed by atoms with van der Waals surface area (Å²) in [5.41, 5.74) is 0. The van der Waals surface area contributed by atoms with Crippen LogP contribution in [-0.4, -0.2) is 36.4 Å². The van der Waals surface area contributed by atoms with Gasteiger partial charge in [0, 0.05) is 12.8 Å². The van der Waals surface area contributed by atoms with Gasteiger partial charge in [0.05, 0.1) is 6.61 Å². The predicted octanol–water partition coefficient (Wildman–Crippen LogP) is 20.2. The molecule has 0 saturated heterocycles. The SMILES string of the molecule is CC/C=C\C/C=C\C/C=C\C/C=C\C/C=C\C/C=C\C/C=C\C/C=C\C/C=C\CCCCCCCCCCCCCCCC(=O)OC(CO)COC(=O)CCCCCCC/C=C\CCCCCCCCC. The predicted molar refractivity (Wildman–Crippen MR) is 311 cm³/mol. The van der Waals surface area contributed by atoms with Gasteiger partial charge in [-0.05, 0) is 109 Å². The number of allylic oxidation sites excluding steroid dienone is 20. The van der Waals surface area contributed by atoms with Gasteiger partial charge in [-0.2, -0.15) is 0 Å². The van der Waals surface area contributed by atoms with Crippen molar-refractivity contribution in [3.8, 4) is 0 Å². The molecule has 0 aromatic rings. The molecule has 71 heavy (non-hydrogen) atoms. The maximum absolute atomic E-state index is 12.3. The average molecular weight is 984 g/mol. The highest BCUT2D eigenvalue weighted by Crippen LogP contribution is 2.15. The summed E-state index contributed by atoms with van der Waals surface area (Å²) in [6, 6.07) is 0. The van der Waals surface area contributed by atoms with Crippen LogP contribution in [0, 0.1) is 0 Å². The van der Waals surface area contributed by atoms with Crippen LogP contribution < -0.4 is 0 Å². The molecule has 1 atom stereocenters. The molecular weight excluding hydrogens is 873 g/mol. The lowest BCUT2D eigenvalue weighted by Gasteiger charge is -2.15. The van der Waals surface area contributed by atoms with Crippen LogP contribution in [0.4, 0.5) is 0 Å². The Bertz CT molecular complexity index is 1440. The van der Waals surface area contributed by atoms with E-state index < -0.39 is 6.10 Å². The number of ether oxygens (including phenoxy) is 2. The third kappa shape index (κ3) is 58.8. The minimum Gasteiger partial charge on any atom is -0.462 e. The van der Waals surface area contributed by atoms with Gasteiger partial charge in [-0.3, -0.25) is 9.59 Å². The molecule has 5 heteroatoms. The number of hydrogen-bond donors (Lipinski definition) is 1. The first kappa shape index (κ1) is 67.3. The summed E-state index contributed by atoms with van der Waals surface area (Å²) in [6.45, 7) is 4.02. The third-order valence-electron chi connectivity index (χ3n) is 12.5. The van der Waals surface area contributed by atoms with Gasteiger partial charge in [0.2, 0.25) is 0 Å². The summed E-state index contributed by atoms with van der Waals surface area (Å²) in [5.74, 6) is -0.601. The van der Waals surface area contributed by atoms with Crippen LogP contribution in [0.5, 0.6) is 0 Å². The summed E-state index contributed by atoms with van der Waals surface area (Å²) < 4.78 is 10.7. The number of esters is 2. The molecule has 0 amide bonds. The summed E-state index contributed by atoms with van der Waals surface area (Å²) in [6.07, 6.45) is 88.9. The Morgan fingerprint density at radius 1 is 0.338 bits per heavy atom. The minimum atomic E-state index is -0.782. The Morgan fingerprint density at radius 2 is 0.606 bits per heavy atom. The molecule has 0 fully saturated rings. The Morgan fingerprint density at radius 3 is 0.930 bits per heavy atom. The first-order valence-electron chi connectivity index (χ1n) is 29.6. The van der Waals surface area contributed by atoms with E-state index in [4.69, 9.17) is 9.47 Å². The number of aliphatic hydroxyl groups is 1. The second kappa shape index (κ2) is 60.6. The van der Waals surface area contributed by atoms with E-state index >= 15 is 0 Å². The van der Waals surface area contributed by atoms with Crippen LogP contribution in [0.2, 0.25) is 0 Å². The first-order chi connectivity index (χ1) is 35.1. The summed E-state index contributed by atoms with van der Waals surface area (Å²) >= 11 is 0. The maximum Gasteiger partial charge on any atom is 0.306 e. The van der Waals surface area contributed by atoms with Gasteiger partial charge >= 0.3 is 11.9 Å². The number of unbranched alkanes of at least 4 members (excludes halogenated alkanes) is 25. The van der Waals surface area contributed by atoms with Crippen LogP contribution in [-0.2, 0) is 19.1 Å². The zero-order valence-electron chi connectivity index (χ0n) is 46.2. The summed E-state index contributed by atoms with van der Waals surface area (Å²) in [4.78, 5) is 24.5. The fraction of sp³-hybridized carbons (Fsp3) is 0.667. The Hall–Kier alpha value is -3.70. The molecule has 0 aliphatic carbocycles. The van der Waals surface area contributed by atoms with Gasteiger partial charge in [-0.15, -0.1) is 0 Å². The molecule has 0 aliphatic rings. The Balaban J connectivity index is 3.54. The molecule has 5 nitrogen and oxygen atoms in total. The van der Waals surface area contributed by atoms with Gasteiger partial charge in [0.1, 0.15) is 6.61 Å². The maximum atomic E-state index is 12.3. The van der Waals surface area contributed by atoms with Crippen molar-refractivity contribution in [3.05, 3.63) is 122 Å². The molecule has 1 N–H and O–H groups in total. The highest BCUT2D eigenvalue weighted by Gasteiger charge is 2.16. The van der Waals surface area contributed by atoms with Gasteiger partial charge in [-0.1, -0.05) is 264 Å². The van der Waals surface area contributed by atoms with E-state index in [1.165, 1.54) is 135 Å². The molecule has 0 radical (unpaired) electrons. The van der Waals surface area contributed by atoms with Crippen LogP contribution in [0.1, 0.15) is 264 Å². The van der Waals surface area contributed by atoms with Crippen LogP contribution in [0.3, 0.4) is 0 Å². The van der Waals surface area contributed by atoms with Crippen molar-refractivity contribution in [2.45, 2.75) is 270 Å². The molecule has 0 rings (SSSR count). The van der Waals surface area contributed by atoms with E-state index in [1.807, 2.05) is 0 Å². The standard InChI is InChI=1S/C66H110O5/c1-3-5-7-9-11-13-15-17-19-21-22-23-24-25-26-27-28-29-30-31-32-33-34-35-36-37-38-39-40-41-42-43-44-45-47-49-51-53-55-57-59-61-66(69)71-64(62-67)63-70-65(68)60-58-56-54-52-50-48-46-20-18-16-14-12-10-8-6-4-2/h5,7,11,13,17,19-20,22-23,25-26,28-29,31-32,34-35,37-38,46,64,67H,3-4,6,8-10,12,14-16,18,21,24,27,30,33,36,39-45,47-63H2,1-2H3/b7-5-,13-11-,19-17-,23-22-,26-25-,29-28-,32-31-,35-34-,38-37-,46-20-. The van der Waals surface area contributed by atoms with E-state index in [2.05, 4.69) is 135 Å². The van der Waals surface area contributed by atoms with Crippen molar-refractivity contribution in [2.24, 2.45) is 0 Å². The number of aliphatic hydroxyl groups excluding tert-OH is 1. The van der Waals surface area contributed by atoms with E-state index in [9.17, 15) is 14.7 Å². The number of carbonyl (C=O) groups excluding carboxylic acids is 2. The molecule has 1 unspecified atom stereocenters. The van der Waals surface area contributed by atoms with Crippen molar-refractivity contribution >= 4 is 11.9 Å². The van der Waals surface area contributed by atoms with Crippen molar-refractivity contribution in [1.29, 1.82) is 0 Å². The van der Waals surface area contributed by atoms with Crippen molar-refractivity contribution in [2.75, 3.05) is 13.2 Å². The molecular formula is C66H110O5. The lowest BCUT2D eigenvalue weighted by molar-refractivity contribution is -0.161. The van der Waals surface area contributed by atoms with E-state index in [-0.39, 0.29) is 25.2 Å². The van der Waals surface area contributed by atoms with Gasteiger partial charge in [-0.25, -0.2) is 0 Å². The fourth-order valence-corrected chi connectivity index (χ4v) is 8.07. The van der Waals surface area contributed by atoms with Gasteiger partial charge < -0.3 is 14.6 Å². The van der Waals surface area contributed by atoms with E-state index in [1.54, 1.807) is 0 Å². The highest BCUT2D eigenvalue weighted by atomic mass is 16.6. The van der Waals surface area contributed by atoms with Crippen molar-refractivity contribution in [3.63, 3.8) is 0 Å². The van der Waals surface area contributed by atoms with Crippen LogP contribution in [0.25, 0.3) is 0 Å².